The third kappa shape index (κ3) is 3.47. The Morgan fingerprint density at radius 1 is 1.12 bits per heavy atom. The summed E-state index contributed by atoms with van der Waals surface area (Å²) in [6.45, 7) is 6.00. The molecule has 3 aromatic rings. The van der Waals surface area contributed by atoms with Crippen LogP contribution in [0, 0.1) is 0 Å². The zero-order valence-corrected chi connectivity index (χ0v) is 14.5. The van der Waals surface area contributed by atoms with Gasteiger partial charge in [0.2, 0.25) is 0 Å². The molecule has 1 atom stereocenters. The smallest absolute Gasteiger partial charge is 0.305 e. The number of hydrogen-bond acceptors (Lipinski definition) is 4. The van der Waals surface area contributed by atoms with Gasteiger partial charge in [-0.1, -0.05) is 39.0 Å². The van der Waals surface area contributed by atoms with Crippen molar-refractivity contribution in [3.63, 3.8) is 0 Å². The topological polar surface area (TPSA) is 88.2 Å². The molecule has 0 amide bonds. The van der Waals surface area contributed by atoms with E-state index < -0.39 is 12.0 Å². The number of carboxylic acids is 1. The fourth-order valence-corrected chi connectivity index (χ4v) is 2.88. The van der Waals surface area contributed by atoms with Crippen molar-refractivity contribution in [2.75, 3.05) is 0 Å². The number of rotatable bonds is 4. The van der Waals surface area contributed by atoms with Crippen molar-refractivity contribution >= 4 is 17.0 Å². The monoisotopic (exact) mass is 339 g/mol. The van der Waals surface area contributed by atoms with Crippen LogP contribution >= 0.6 is 0 Å². The molecule has 25 heavy (non-hydrogen) atoms. The molecule has 0 bridgehead atoms. The third-order valence-corrected chi connectivity index (χ3v) is 4.16. The van der Waals surface area contributed by atoms with Crippen LogP contribution in [0.2, 0.25) is 0 Å². The lowest BCUT2D eigenvalue weighted by Gasteiger charge is -2.23. The number of carbonyl (C=O) groups is 1. The van der Waals surface area contributed by atoms with Gasteiger partial charge in [0.05, 0.1) is 6.42 Å². The van der Waals surface area contributed by atoms with E-state index in [-0.39, 0.29) is 17.6 Å². The Morgan fingerprint density at radius 3 is 2.24 bits per heavy atom. The standard InChI is InChI=1S/C19H21N3O3/c1-19(2,3)13-10-12(8-9-17(13)23)16(11-18(24)25)22-20-14-6-4-5-7-15(14)21-22/h4-10,16,23H,11H2,1-3H3,(H,24,25). The van der Waals surface area contributed by atoms with Gasteiger partial charge in [0, 0.05) is 0 Å². The highest BCUT2D eigenvalue weighted by Crippen LogP contribution is 2.34. The van der Waals surface area contributed by atoms with Crippen LogP contribution in [0.5, 0.6) is 5.75 Å². The molecule has 0 fully saturated rings. The first-order valence-corrected chi connectivity index (χ1v) is 8.12. The number of phenols is 1. The van der Waals surface area contributed by atoms with E-state index in [1.54, 1.807) is 12.1 Å². The Balaban J connectivity index is 2.11. The lowest BCUT2D eigenvalue weighted by atomic mass is 9.84. The molecular formula is C19H21N3O3. The zero-order chi connectivity index (χ0) is 18.2. The van der Waals surface area contributed by atoms with Crippen molar-refractivity contribution in [2.45, 2.75) is 38.6 Å². The first-order chi connectivity index (χ1) is 11.8. The molecule has 2 N–H and O–H groups in total. The summed E-state index contributed by atoms with van der Waals surface area (Å²) in [5.74, 6) is -0.736. The summed E-state index contributed by atoms with van der Waals surface area (Å²) in [6, 6.07) is 12.0. The molecule has 2 aromatic carbocycles. The molecule has 130 valence electrons. The van der Waals surface area contributed by atoms with E-state index in [4.69, 9.17) is 0 Å². The maximum atomic E-state index is 11.4. The lowest BCUT2D eigenvalue weighted by molar-refractivity contribution is -0.137. The van der Waals surface area contributed by atoms with E-state index in [1.807, 2.05) is 51.1 Å². The fraction of sp³-hybridized carbons (Fsp3) is 0.316. The number of aromatic nitrogens is 3. The SMILES string of the molecule is CC(C)(C)c1cc(C(CC(=O)O)n2nc3ccccc3n2)ccc1O. The summed E-state index contributed by atoms with van der Waals surface area (Å²) >= 11 is 0. The van der Waals surface area contributed by atoms with Crippen LogP contribution in [0.3, 0.4) is 0 Å². The highest BCUT2D eigenvalue weighted by molar-refractivity contribution is 5.73. The molecule has 3 rings (SSSR count). The van der Waals surface area contributed by atoms with Crippen molar-refractivity contribution in [1.29, 1.82) is 0 Å². The van der Waals surface area contributed by atoms with Crippen LogP contribution in [0.4, 0.5) is 0 Å². The van der Waals surface area contributed by atoms with Gasteiger partial charge in [-0.2, -0.15) is 15.0 Å². The molecule has 1 unspecified atom stereocenters. The van der Waals surface area contributed by atoms with E-state index in [9.17, 15) is 15.0 Å². The Kier molecular flexibility index (Phi) is 4.20. The number of phenolic OH excluding ortho intramolecular Hbond substituents is 1. The first-order valence-electron chi connectivity index (χ1n) is 8.12. The molecule has 0 saturated heterocycles. The molecule has 0 spiro atoms. The maximum absolute atomic E-state index is 11.4. The van der Waals surface area contributed by atoms with Crippen molar-refractivity contribution in [3.8, 4) is 5.75 Å². The van der Waals surface area contributed by atoms with E-state index in [0.29, 0.717) is 11.0 Å². The minimum atomic E-state index is -0.934. The maximum Gasteiger partial charge on any atom is 0.305 e. The van der Waals surface area contributed by atoms with Gasteiger partial charge in [-0.15, -0.1) is 0 Å². The van der Waals surface area contributed by atoms with E-state index >= 15 is 0 Å². The minimum absolute atomic E-state index is 0.144. The van der Waals surface area contributed by atoms with Crippen molar-refractivity contribution in [2.24, 2.45) is 0 Å². The fourth-order valence-electron chi connectivity index (χ4n) is 2.88. The zero-order valence-electron chi connectivity index (χ0n) is 14.5. The van der Waals surface area contributed by atoms with Gasteiger partial charge in [0.15, 0.2) is 0 Å². The number of aliphatic carboxylic acids is 1. The number of carboxylic acid groups (broad SMARTS) is 1. The summed E-state index contributed by atoms with van der Waals surface area (Å²) in [6.07, 6.45) is -0.144. The van der Waals surface area contributed by atoms with Gasteiger partial charge >= 0.3 is 5.97 Å². The average Bonchev–Trinajstić information content (AvgIpc) is 2.95. The Bertz CT molecular complexity index is 892. The highest BCUT2D eigenvalue weighted by atomic mass is 16.4. The van der Waals surface area contributed by atoms with Gasteiger partial charge in [-0.05, 0) is 40.8 Å². The molecule has 0 aliphatic rings. The highest BCUT2D eigenvalue weighted by Gasteiger charge is 2.24. The molecule has 1 aromatic heterocycles. The predicted octanol–water partition coefficient (Wildman–Crippen LogP) is 3.50. The Morgan fingerprint density at radius 2 is 1.72 bits per heavy atom. The van der Waals surface area contributed by atoms with Crippen molar-refractivity contribution < 1.29 is 15.0 Å². The largest absolute Gasteiger partial charge is 0.508 e. The van der Waals surface area contributed by atoms with Crippen LogP contribution in [-0.2, 0) is 10.2 Å². The summed E-state index contributed by atoms with van der Waals surface area (Å²) in [4.78, 5) is 12.9. The molecule has 6 nitrogen and oxygen atoms in total. The van der Waals surface area contributed by atoms with Gasteiger partial charge in [-0.3, -0.25) is 4.79 Å². The molecule has 1 heterocycles. The minimum Gasteiger partial charge on any atom is -0.508 e. The number of nitrogens with zero attached hydrogens (tertiary/aromatic N) is 3. The molecule has 0 aliphatic carbocycles. The average molecular weight is 339 g/mol. The number of benzene rings is 2. The second-order valence-electron chi connectivity index (χ2n) is 7.15. The van der Waals surface area contributed by atoms with Gasteiger partial charge in [0.25, 0.3) is 0 Å². The summed E-state index contributed by atoms with van der Waals surface area (Å²) in [5.41, 5.74) is 2.68. The number of hydrogen-bond donors (Lipinski definition) is 2. The molecule has 0 radical (unpaired) electrons. The van der Waals surface area contributed by atoms with Crippen LogP contribution in [0.15, 0.2) is 42.5 Å². The van der Waals surface area contributed by atoms with E-state index in [1.165, 1.54) is 4.80 Å². The Hall–Kier alpha value is -2.89. The van der Waals surface area contributed by atoms with Crippen LogP contribution < -0.4 is 0 Å². The predicted molar refractivity (Wildman–Crippen MR) is 94.7 cm³/mol. The van der Waals surface area contributed by atoms with Crippen molar-refractivity contribution in [3.05, 3.63) is 53.6 Å². The summed E-state index contributed by atoms with van der Waals surface area (Å²) in [7, 11) is 0. The van der Waals surface area contributed by atoms with Crippen LogP contribution in [-0.4, -0.2) is 31.2 Å². The number of aromatic hydroxyl groups is 1. The molecule has 0 saturated carbocycles. The van der Waals surface area contributed by atoms with E-state index in [0.717, 1.165) is 11.1 Å². The number of fused-ring (bicyclic) bond motifs is 1. The van der Waals surface area contributed by atoms with Crippen molar-refractivity contribution in [1.82, 2.24) is 15.0 Å². The second-order valence-corrected chi connectivity index (χ2v) is 7.15. The molecule has 6 heteroatoms. The normalized spacial score (nSPS) is 13.1. The van der Waals surface area contributed by atoms with Crippen LogP contribution in [0.1, 0.15) is 44.4 Å². The summed E-state index contributed by atoms with van der Waals surface area (Å²) < 4.78 is 0. The third-order valence-electron chi connectivity index (χ3n) is 4.16. The van der Waals surface area contributed by atoms with Gasteiger partial charge in [0.1, 0.15) is 22.8 Å². The van der Waals surface area contributed by atoms with Gasteiger partial charge in [-0.25, -0.2) is 0 Å². The van der Waals surface area contributed by atoms with E-state index in [2.05, 4.69) is 10.2 Å². The Labute approximate surface area is 145 Å². The summed E-state index contributed by atoms with van der Waals surface area (Å²) in [5, 5.41) is 28.4. The first kappa shape index (κ1) is 17.0. The quantitative estimate of drug-likeness (QED) is 0.759. The molecular weight excluding hydrogens is 318 g/mol. The lowest BCUT2D eigenvalue weighted by Crippen LogP contribution is -2.19. The molecule has 0 aliphatic heterocycles. The van der Waals surface area contributed by atoms with Crippen LogP contribution in [0.25, 0.3) is 11.0 Å². The second kappa shape index (κ2) is 6.20. The van der Waals surface area contributed by atoms with Gasteiger partial charge < -0.3 is 10.2 Å².